The lowest BCUT2D eigenvalue weighted by Gasteiger charge is -2.30. The fourth-order valence-corrected chi connectivity index (χ4v) is 5.26. The van der Waals surface area contributed by atoms with Crippen LogP contribution in [0.15, 0.2) is 53.3 Å². The largest absolute Gasteiger partial charge is 0.375 e. The first-order valence-electron chi connectivity index (χ1n) is 9.83. The van der Waals surface area contributed by atoms with Gasteiger partial charge < -0.3 is 9.64 Å². The summed E-state index contributed by atoms with van der Waals surface area (Å²) in [6.45, 7) is 4.00. The molecule has 1 aromatic rings. The Morgan fingerprint density at radius 1 is 1.29 bits per heavy atom. The minimum atomic E-state index is -0.290. The van der Waals surface area contributed by atoms with Crippen molar-refractivity contribution in [3.8, 4) is 0 Å². The molecule has 1 aromatic carbocycles. The number of ether oxygens (including phenoxy) is 1. The topological polar surface area (TPSA) is 58.6 Å². The Morgan fingerprint density at radius 3 is 2.75 bits per heavy atom. The van der Waals surface area contributed by atoms with Gasteiger partial charge in [0, 0.05) is 25.9 Å². The standard InChI is InChI=1S/C22H26N2O3S/c1-14-8-9-18-16(17(14)12-20-21(25)23-22(26)28-20)10-11-24(18)13-19(27-2)15-6-4-3-5-7-15/h3-7,9,14,19-20H,8,10-13H2,1-2H3,(H,23,25,26). The molecule has 0 aromatic heterocycles. The third kappa shape index (κ3) is 3.76. The summed E-state index contributed by atoms with van der Waals surface area (Å²) in [6, 6.07) is 10.3. The number of carbonyl (C=O) groups excluding carboxylic acids is 2. The van der Waals surface area contributed by atoms with Gasteiger partial charge in [0.2, 0.25) is 5.91 Å². The van der Waals surface area contributed by atoms with Gasteiger partial charge in [-0.05, 0) is 36.3 Å². The molecule has 4 rings (SSSR count). The maximum Gasteiger partial charge on any atom is 0.286 e. The molecular formula is C22H26N2O3S. The van der Waals surface area contributed by atoms with Crippen molar-refractivity contribution in [2.24, 2.45) is 5.92 Å². The highest BCUT2D eigenvalue weighted by Crippen LogP contribution is 2.42. The summed E-state index contributed by atoms with van der Waals surface area (Å²) in [5.41, 5.74) is 5.19. The van der Waals surface area contributed by atoms with Crippen LogP contribution in [0.5, 0.6) is 0 Å². The number of thioether (sulfide) groups is 1. The number of hydrogen-bond acceptors (Lipinski definition) is 5. The summed E-state index contributed by atoms with van der Waals surface area (Å²) in [5, 5.41) is 1.90. The number of nitrogens with zero attached hydrogens (tertiary/aromatic N) is 1. The van der Waals surface area contributed by atoms with Gasteiger partial charge in [0.1, 0.15) is 0 Å². The number of carbonyl (C=O) groups is 2. The molecule has 0 saturated carbocycles. The van der Waals surface area contributed by atoms with Gasteiger partial charge in [0.25, 0.3) is 5.24 Å². The molecule has 0 radical (unpaired) electrons. The zero-order chi connectivity index (χ0) is 19.7. The van der Waals surface area contributed by atoms with Crippen molar-refractivity contribution >= 4 is 22.9 Å². The molecule has 0 bridgehead atoms. The quantitative estimate of drug-likeness (QED) is 0.784. The van der Waals surface area contributed by atoms with Crippen LogP contribution in [0.1, 0.15) is 37.9 Å². The second-order valence-corrected chi connectivity index (χ2v) is 8.82. The van der Waals surface area contributed by atoms with E-state index in [0.29, 0.717) is 12.3 Å². The second kappa shape index (κ2) is 8.13. The van der Waals surface area contributed by atoms with Crippen LogP contribution in [-0.4, -0.2) is 41.5 Å². The lowest BCUT2D eigenvalue weighted by atomic mass is 9.83. The van der Waals surface area contributed by atoms with E-state index in [-0.39, 0.29) is 22.5 Å². The van der Waals surface area contributed by atoms with E-state index in [4.69, 9.17) is 4.74 Å². The van der Waals surface area contributed by atoms with Crippen LogP contribution in [0, 0.1) is 5.92 Å². The Hall–Kier alpha value is -2.05. The van der Waals surface area contributed by atoms with Gasteiger partial charge >= 0.3 is 0 Å². The molecule has 3 atom stereocenters. The summed E-state index contributed by atoms with van der Waals surface area (Å²) in [5.74, 6) is 0.264. The van der Waals surface area contributed by atoms with Gasteiger partial charge in [-0.3, -0.25) is 14.9 Å². The van der Waals surface area contributed by atoms with Crippen LogP contribution < -0.4 is 5.32 Å². The lowest BCUT2D eigenvalue weighted by Crippen LogP contribution is -2.27. The molecule has 2 heterocycles. The van der Waals surface area contributed by atoms with E-state index in [2.05, 4.69) is 35.3 Å². The first-order valence-corrected chi connectivity index (χ1v) is 10.7. The fourth-order valence-electron chi connectivity index (χ4n) is 4.42. The normalized spacial score (nSPS) is 25.6. The minimum absolute atomic E-state index is 0.0260. The van der Waals surface area contributed by atoms with Crippen molar-refractivity contribution in [1.29, 1.82) is 0 Å². The monoisotopic (exact) mass is 398 g/mol. The van der Waals surface area contributed by atoms with Crippen molar-refractivity contribution in [2.45, 2.75) is 37.5 Å². The molecule has 148 valence electrons. The predicted octanol–water partition coefficient (Wildman–Crippen LogP) is 4.04. The van der Waals surface area contributed by atoms with E-state index < -0.39 is 0 Å². The molecule has 28 heavy (non-hydrogen) atoms. The number of imide groups is 1. The van der Waals surface area contributed by atoms with Gasteiger partial charge in [-0.2, -0.15) is 0 Å². The Kier molecular flexibility index (Phi) is 5.60. The van der Waals surface area contributed by atoms with E-state index in [1.54, 1.807) is 7.11 Å². The third-order valence-corrected chi connectivity index (χ3v) is 6.92. The molecular weight excluding hydrogens is 372 g/mol. The number of likely N-dealkylation sites (tertiary alicyclic amines) is 1. The molecule has 2 fully saturated rings. The van der Waals surface area contributed by atoms with Gasteiger partial charge in [0.15, 0.2) is 0 Å². The number of methoxy groups -OCH3 is 1. The number of benzene rings is 1. The maximum absolute atomic E-state index is 12.0. The first-order chi connectivity index (χ1) is 13.6. The SMILES string of the molecule is COC(CN1CCC2=C(CC3SC(=O)NC3=O)C(C)CC=C21)c1ccccc1. The predicted molar refractivity (Wildman–Crippen MR) is 111 cm³/mol. The Labute approximate surface area is 170 Å². The average Bonchev–Trinajstić information content (AvgIpc) is 3.25. The van der Waals surface area contributed by atoms with Gasteiger partial charge in [0.05, 0.1) is 11.4 Å². The van der Waals surface area contributed by atoms with Crippen molar-refractivity contribution in [2.75, 3.05) is 20.2 Å². The Bertz CT molecular complexity index is 833. The van der Waals surface area contributed by atoms with E-state index in [0.717, 1.165) is 37.7 Å². The highest BCUT2D eigenvalue weighted by atomic mass is 32.2. The number of amides is 2. The molecule has 0 spiro atoms. The zero-order valence-electron chi connectivity index (χ0n) is 16.3. The Balaban J connectivity index is 1.53. The summed E-state index contributed by atoms with van der Waals surface area (Å²) in [4.78, 5) is 26.0. The van der Waals surface area contributed by atoms with Gasteiger partial charge in [-0.1, -0.05) is 60.7 Å². The van der Waals surface area contributed by atoms with Crippen molar-refractivity contribution < 1.29 is 14.3 Å². The van der Waals surface area contributed by atoms with Gasteiger partial charge in [-0.15, -0.1) is 0 Å². The first kappa shape index (κ1) is 19.3. The van der Waals surface area contributed by atoms with Crippen LogP contribution in [-0.2, 0) is 9.53 Å². The number of rotatable bonds is 6. The van der Waals surface area contributed by atoms with E-state index in [1.807, 2.05) is 18.2 Å². The fraction of sp³-hybridized carbons (Fsp3) is 0.455. The maximum atomic E-state index is 12.0. The number of allylic oxidation sites excluding steroid dienone is 3. The van der Waals surface area contributed by atoms with Crippen molar-refractivity contribution in [1.82, 2.24) is 10.2 Å². The molecule has 2 amide bonds. The van der Waals surface area contributed by atoms with Crippen LogP contribution in [0.25, 0.3) is 0 Å². The molecule has 1 aliphatic carbocycles. The summed E-state index contributed by atoms with van der Waals surface area (Å²) in [6.07, 6.45) is 4.99. The average molecular weight is 399 g/mol. The van der Waals surface area contributed by atoms with Gasteiger partial charge in [-0.25, -0.2) is 0 Å². The Morgan fingerprint density at radius 2 is 2.07 bits per heavy atom. The highest BCUT2D eigenvalue weighted by molar-refractivity contribution is 8.15. The summed E-state index contributed by atoms with van der Waals surface area (Å²) < 4.78 is 5.78. The van der Waals surface area contributed by atoms with Crippen molar-refractivity contribution in [3.63, 3.8) is 0 Å². The molecule has 5 nitrogen and oxygen atoms in total. The molecule has 6 heteroatoms. The molecule has 3 unspecified atom stereocenters. The van der Waals surface area contributed by atoms with Crippen LogP contribution in [0.3, 0.4) is 0 Å². The van der Waals surface area contributed by atoms with E-state index in [1.165, 1.54) is 22.4 Å². The third-order valence-electron chi connectivity index (χ3n) is 5.94. The van der Waals surface area contributed by atoms with Crippen LogP contribution in [0.2, 0.25) is 0 Å². The van der Waals surface area contributed by atoms with E-state index in [9.17, 15) is 9.59 Å². The molecule has 2 saturated heterocycles. The second-order valence-electron chi connectivity index (χ2n) is 7.65. The van der Waals surface area contributed by atoms with Crippen LogP contribution >= 0.6 is 11.8 Å². The zero-order valence-corrected chi connectivity index (χ0v) is 17.1. The van der Waals surface area contributed by atoms with Crippen molar-refractivity contribution in [3.05, 3.63) is 58.8 Å². The lowest BCUT2D eigenvalue weighted by molar-refractivity contribution is -0.118. The molecule has 2 aliphatic heterocycles. The summed E-state index contributed by atoms with van der Waals surface area (Å²) in [7, 11) is 1.76. The number of hydrogen-bond donors (Lipinski definition) is 1. The van der Waals surface area contributed by atoms with Crippen LogP contribution in [0.4, 0.5) is 4.79 Å². The smallest absolute Gasteiger partial charge is 0.286 e. The van der Waals surface area contributed by atoms with E-state index >= 15 is 0 Å². The number of fused-ring (bicyclic) bond motifs is 1. The minimum Gasteiger partial charge on any atom is -0.375 e. The molecule has 1 N–H and O–H groups in total. The summed E-state index contributed by atoms with van der Waals surface area (Å²) >= 11 is 1.13. The number of nitrogens with one attached hydrogen (secondary N) is 1. The highest BCUT2D eigenvalue weighted by Gasteiger charge is 2.37. The molecule has 3 aliphatic rings.